The highest BCUT2D eigenvalue weighted by atomic mass is 16.7. The fourth-order valence-corrected chi connectivity index (χ4v) is 2.50. The normalized spacial score (nSPS) is 31.2. The van der Waals surface area contributed by atoms with E-state index >= 15 is 0 Å². The molecular formula is C16H22O7. The SMILES string of the molecule is Cc1ccc(C(C)C)c(O[C@@H]2O[C@@H](C(=O)O)[C@@H](O)[C@@H](O)[C@H]2O)c1. The third-order valence-electron chi connectivity index (χ3n) is 3.85. The minimum absolute atomic E-state index is 0.136. The molecule has 1 saturated heterocycles. The molecule has 1 aromatic rings. The number of benzene rings is 1. The molecule has 1 fully saturated rings. The molecule has 23 heavy (non-hydrogen) atoms. The van der Waals surface area contributed by atoms with Crippen LogP contribution in [0.3, 0.4) is 0 Å². The van der Waals surface area contributed by atoms with Crippen LogP contribution in [0.5, 0.6) is 5.75 Å². The largest absolute Gasteiger partial charge is 0.479 e. The van der Waals surface area contributed by atoms with Crippen molar-refractivity contribution in [3.63, 3.8) is 0 Å². The van der Waals surface area contributed by atoms with Crippen LogP contribution >= 0.6 is 0 Å². The monoisotopic (exact) mass is 326 g/mol. The van der Waals surface area contributed by atoms with Gasteiger partial charge in [-0.25, -0.2) is 4.79 Å². The zero-order valence-corrected chi connectivity index (χ0v) is 13.2. The van der Waals surface area contributed by atoms with Gasteiger partial charge in [-0.3, -0.25) is 0 Å². The predicted octanol–water partition coefficient (Wildman–Crippen LogP) is 0.389. The first-order chi connectivity index (χ1) is 10.7. The van der Waals surface area contributed by atoms with Crippen LogP contribution < -0.4 is 4.74 Å². The average molecular weight is 326 g/mol. The molecule has 1 heterocycles. The summed E-state index contributed by atoms with van der Waals surface area (Å²) in [7, 11) is 0. The van der Waals surface area contributed by atoms with Crippen molar-refractivity contribution in [1.82, 2.24) is 0 Å². The maximum Gasteiger partial charge on any atom is 0.335 e. The molecule has 0 amide bonds. The molecule has 0 saturated carbocycles. The Bertz CT molecular complexity index is 572. The molecule has 1 aliphatic rings. The second kappa shape index (κ2) is 6.84. The van der Waals surface area contributed by atoms with Crippen LogP contribution in [-0.2, 0) is 9.53 Å². The zero-order valence-electron chi connectivity index (χ0n) is 13.2. The van der Waals surface area contributed by atoms with Gasteiger partial charge >= 0.3 is 5.97 Å². The number of carboxylic acids is 1. The Labute approximate surface area is 134 Å². The summed E-state index contributed by atoms with van der Waals surface area (Å²) in [5, 5.41) is 38.6. The van der Waals surface area contributed by atoms with Gasteiger partial charge in [-0.1, -0.05) is 26.0 Å². The molecule has 128 valence electrons. The number of hydrogen-bond donors (Lipinski definition) is 4. The lowest BCUT2D eigenvalue weighted by Crippen LogP contribution is -2.61. The van der Waals surface area contributed by atoms with E-state index in [4.69, 9.17) is 14.6 Å². The fourth-order valence-electron chi connectivity index (χ4n) is 2.50. The summed E-state index contributed by atoms with van der Waals surface area (Å²) >= 11 is 0. The lowest BCUT2D eigenvalue weighted by atomic mass is 9.98. The molecular weight excluding hydrogens is 304 g/mol. The van der Waals surface area contributed by atoms with Gasteiger partial charge in [0.1, 0.15) is 24.1 Å². The lowest BCUT2D eigenvalue weighted by Gasteiger charge is -2.38. The number of carbonyl (C=O) groups is 1. The first-order valence-electron chi connectivity index (χ1n) is 7.42. The van der Waals surface area contributed by atoms with Crippen molar-refractivity contribution >= 4 is 5.97 Å². The Morgan fingerprint density at radius 2 is 1.83 bits per heavy atom. The maximum atomic E-state index is 11.1. The number of carboxylic acid groups (broad SMARTS) is 1. The molecule has 0 aromatic heterocycles. The van der Waals surface area contributed by atoms with E-state index in [2.05, 4.69) is 0 Å². The molecule has 0 bridgehead atoms. The standard InChI is InChI=1S/C16H22O7/c1-7(2)9-5-4-8(3)6-10(9)22-16-13(19)11(17)12(18)14(23-16)15(20)21/h4-7,11-14,16-19H,1-3H3,(H,20,21)/t11-,12+,13-,14-,16-/m1/s1. The van der Waals surface area contributed by atoms with Crippen LogP contribution in [0, 0.1) is 6.92 Å². The van der Waals surface area contributed by atoms with Crippen molar-refractivity contribution in [2.75, 3.05) is 0 Å². The van der Waals surface area contributed by atoms with Gasteiger partial charge in [-0.15, -0.1) is 0 Å². The van der Waals surface area contributed by atoms with Crippen molar-refractivity contribution in [2.24, 2.45) is 0 Å². The third-order valence-corrected chi connectivity index (χ3v) is 3.85. The molecule has 2 rings (SSSR count). The van der Waals surface area contributed by atoms with Crippen molar-refractivity contribution in [3.05, 3.63) is 29.3 Å². The van der Waals surface area contributed by atoms with Gasteiger partial charge in [-0.2, -0.15) is 0 Å². The summed E-state index contributed by atoms with van der Waals surface area (Å²) in [6, 6.07) is 5.54. The summed E-state index contributed by atoms with van der Waals surface area (Å²) < 4.78 is 10.8. The van der Waals surface area contributed by atoms with E-state index in [0.717, 1.165) is 11.1 Å². The van der Waals surface area contributed by atoms with E-state index in [1.165, 1.54) is 0 Å². The van der Waals surface area contributed by atoms with Crippen LogP contribution in [-0.4, -0.2) is 57.1 Å². The van der Waals surface area contributed by atoms with E-state index < -0.39 is 36.7 Å². The first kappa shape index (κ1) is 17.7. The Morgan fingerprint density at radius 1 is 1.17 bits per heavy atom. The van der Waals surface area contributed by atoms with Crippen LogP contribution in [0.25, 0.3) is 0 Å². The number of aliphatic carboxylic acids is 1. The second-order valence-electron chi connectivity index (χ2n) is 6.05. The van der Waals surface area contributed by atoms with Gasteiger partial charge in [-0.05, 0) is 30.0 Å². The summed E-state index contributed by atoms with van der Waals surface area (Å²) in [4.78, 5) is 11.1. The quantitative estimate of drug-likeness (QED) is 0.632. The van der Waals surface area contributed by atoms with Crippen LogP contribution in [0.2, 0.25) is 0 Å². The molecule has 0 aliphatic carbocycles. The Kier molecular flexibility index (Phi) is 5.26. The molecule has 5 atom stereocenters. The van der Waals surface area contributed by atoms with Crippen molar-refractivity contribution in [2.45, 2.75) is 57.4 Å². The van der Waals surface area contributed by atoms with Crippen molar-refractivity contribution < 1.29 is 34.7 Å². The van der Waals surface area contributed by atoms with Gasteiger partial charge in [0, 0.05) is 0 Å². The number of ether oxygens (including phenoxy) is 2. The summed E-state index contributed by atoms with van der Waals surface area (Å²) in [6.45, 7) is 5.80. The van der Waals surface area contributed by atoms with Crippen molar-refractivity contribution in [1.29, 1.82) is 0 Å². The third kappa shape index (κ3) is 3.64. The lowest BCUT2D eigenvalue weighted by molar-refractivity contribution is -0.271. The molecule has 1 aromatic carbocycles. The van der Waals surface area contributed by atoms with Gasteiger partial charge in [0.05, 0.1) is 0 Å². The Hall–Kier alpha value is -1.67. The zero-order chi connectivity index (χ0) is 17.3. The maximum absolute atomic E-state index is 11.1. The molecule has 0 unspecified atom stereocenters. The number of aliphatic hydroxyl groups is 3. The van der Waals surface area contributed by atoms with Gasteiger partial charge in [0.25, 0.3) is 0 Å². The van der Waals surface area contributed by atoms with Crippen molar-refractivity contribution in [3.8, 4) is 5.75 Å². The molecule has 0 spiro atoms. The molecule has 4 N–H and O–H groups in total. The Balaban J connectivity index is 2.28. The average Bonchev–Trinajstić information content (AvgIpc) is 2.47. The van der Waals surface area contributed by atoms with Crippen LogP contribution in [0.4, 0.5) is 0 Å². The minimum Gasteiger partial charge on any atom is -0.479 e. The minimum atomic E-state index is -1.73. The smallest absolute Gasteiger partial charge is 0.335 e. The number of hydrogen-bond acceptors (Lipinski definition) is 6. The van der Waals surface area contributed by atoms with Crippen LogP contribution in [0.1, 0.15) is 30.9 Å². The van der Waals surface area contributed by atoms with Gasteiger partial charge in [0.15, 0.2) is 6.10 Å². The number of aryl methyl sites for hydroxylation is 1. The van der Waals surface area contributed by atoms with E-state index in [9.17, 15) is 20.1 Å². The highest BCUT2D eigenvalue weighted by Gasteiger charge is 2.48. The number of rotatable bonds is 4. The number of aliphatic hydroxyl groups excluding tert-OH is 3. The highest BCUT2D eigenvalue weighted by Crippen LogP contribution is 2.31. The highest BCUT2D eigenvalue weighted by molar-refractivity contribution is 5.73. The topological polar surface area (TPSA) is 116 Å². The molecule has 0 radical (unpaired) electrons. The van der Waals surface area contributed by atoms with E-state index in [1.807, 2.05) is 32.9 Å². The molecule has 1 aliphatic heterocycles. The fraction of sp³-hybridized carbons (Fsp3) is 0.562. The molecule has 7 heteroatoms. The first-order valence-corrected chi connectivity index (χ1v) is 7.42. The van der Waals surface area contributed by atoms with E-state index in [0.29, 0.717) is 5.75 Å². The summed E-state index contributed by atoms with van der Waals surface area (Å²) in [6.07, 6.45) is -8.05. The van der Waals surface area contributed by atoms with Gasteiger partial charge in [0.2, 0.25) is 6.29 Å². The Morgan fingerprint density at radius 3 is 2.39 bits per heavy atom. The predicted molar refractivity (Wildman–Crippen MR) is 80.2 cm³/mol. The van der Waals surface area contributed by atoms with Gasteiger partial charge < -0.3 is 29.9 Å². The van der Waals surface area contributed by atoms with E-state index in [-0.39, 0.29) is 5.92 Å². The second-order valence-corrected chi connectivity index (χ2v) is 6.05. The molecule has 7 nitrogen and oxygen atoms in total. The van der Waals surface area contributed by atoms with Crippen LogP contribution in [0.15, 0.2) is 18.2 Å². The summed E-state index contributed by atoms with van der Waals surface area (Å²) in [5.74, 6) is -0.862. The summed E-state index contributed by atoms with van der Waals surface area (Å²) in [5.41, 5.74) is 1.78. The van der Waals surface area contributed by atoms with E-state index in [1.54, 1.807) is 6.07 Å².